The van der Waals surface area contributed by atoms with Crippen LogP contribution in [0.5, 0.6) is 0 Å². The van der Waals surface area contributed by atoms with Crippen molar-refractivity contribution in [2.75, 3.05) is 14.2 Å². The van der Waals surface area contributed by atoms with Crippen LogP contribution in [0.25, 0.3) is 10.9 Å². The average Bonchev–Trinajstić information content (AvgIpc) is 3.47. The third-order valence-electron chi connectivity index (χ3n) is 5.52. The minimum Gasteiger partial charge on any atom is -0.464 e. The van der Waals surface area contributed by atoms with Crippen molar-refractivity contribution in [3.63, 3.8) is 0 Å². The number of esters is 1. The van der Waals surface area contributed by atoms with Crippen LogP contribution in [0.2, 0.25) is 0 Å². The van der Waals surface area contributed by atoms with Gasteiger partial charge in [-0.2, -0.15) is 5.10 Å². The Balaban J connectivity index is 1.71. The van der Waals surface area contributed by atoms with E-state index in [0.29, 0.717) is 0 Å². The Morgan fingerprint density at radius 2 is 1.82 bits per heavy atom. The molecule has 0 aliphatic rings. The number of carbonyl (C=O) groups is 2. The molecule has 0 aliphatic heterocycles. The number of rotatable bonds is 6. The summed E-state index contributed by atoms with van der Waals surface area (Å²) in [6, 6.07) is 16.3. The van der Waals surface area contributed by atoms with Gasteiger partial charge in [0.25, 0.3) is 5.91 Å². The van der Waals surface area contributed by atoms with Crippen LogP contribution in [0, 0.1) is 6.92 Å². The molecule has 0 saturated carbocycles. The highest BCUT2D eigenvalue weighted by Gasteiger charge is 2.23. The first kappa shape index (κ1) is 22.5. The molecule has 33 heavy (non-hydrogen) atoms. The van der Waals surface area contributed by atoms with Crippen LogP contribution in [0.1, 0.15) is 45.1 Å². The number of hydrogen-bond donors (Lipinski definition) is 1. The molecule has 4 aromatic rings. The molecule has 4 rings (SSSR count). The number of aromatic nitrogens is 3. The van der Waals surface area contributed by atoms with Crippen molar-refractivity contribution in [3.8, 4) is 0 Å². The molecular weight excluding hydrogens is 440 g/mol. The maximum absolute atomic E-state index is 13.1. The Morgan fingerprint density at radius 3 is 2.48 bits per heavy atom. The fourth-order valence-electron chi connectivity index (χ4n) is 3.64. The Hall–Kier alpha value is -3.72. The molecule has 0 fully saturated rings. The van der Waals surface area contributed by atoms with Crippen molar-refractivity contribution in [1.82, 2.24) is 19.1 Å². The molecule has 1 amide bonds. The average molecular weight is 465 g/mol. The van der Waals surface area contributed by atoms with Crippen LogP contribution >= 0.6 is 0 Å². The third kappa shape index (κ3) is 4.19. The number of methoxy groups -OCH3 is 1. The molecule has 8 nitrogen and oxygen atoms in total. The van der Waals surface area contributed by atoms with E-state index in [1.165, 1.54) is 24.9 Å². The van der Waals surface area contributed by atoms with Crippen molar-refractivity contribution >= 4 is 33.8 Å². The van der Waals surface area contributed by atoms with Crippen LogP contribution in [0.3, 0.4) is 0 Å². The van der Waals surface area contributed by atoms with Gasteiger partial charge in [0.1, 0.15) is 5.69 Å². The van der Waals surface area contributed by atoms with Gasteiger partial charge in [-0.1, -0.05) is 23.8 Å². The lowest BCUT2D eigenvalue weighted by atomic mass is 10.1. The Morgan fingerprint density at radius 1 is 1.09 bits per heavy atom. The number of amides is 1. The molecular formula is C24H24N4O4S. The minimum atomic E-state index is -1.37. The first-order chi connectivity index (χ1) is 15.8. The molecule has 2 unspecified atom stereocenters. The first-order valence-corrected chi connectivity index (χ1v) is 11.4. The number of hydrogen-bond acceptors (Lipinski definition) is 5. The maximum atomic E-state index is 13.1. The van der Waals surface area contributed by atoms with Gasteiger partial charge in [-0.3, -0.25) is 13.4 Å². The van der Waals surface area contributed by atoms with Gasteiger partial charge < -0.3 is 10.1 Å². The second-order valence-electron chi connectivity index (χ2n) is 7.63. The second kappa shape index (κ2) is 9.03. The molecule has 2 aromatic heterocycles. The summed E-state index contributed by atoms with van der Waals surface area (Å²) in [5, 5.41) is 7.75. The van der Waals surface area contributed by atoms with E-state index in [2.05, 4.69) is 10.4 Å². The highest BCUT2D eigenvalue weighted by Crippen LogP contribution is 2.27. The van der Waals surface area contributed by atoms with Crippen LogP contribution < -0.4 is 5.32 Å². The summed E-state index contributed by atoms with van der Waals surface area (Å²) in [5.74, 6) is -0.970. The van der Waals surface area contributed by atoms with E-state index in [1.54, 1.807) is 10.2 Å². The summed E-state index contributed by atoms with van der Waals surface area (Å²) < 4.78 is 21.2. The van der Waals surface area contributed by atoms with Crippen LogP contribution in [-0.2, 0) is 15.7 Å². The molecule has 2 aromatic carbocycles. The van der Waals surface area contributed by atoms with Crippen molar-refractivity contribution in [3.05, 3.63) is 83.3 Å². The zero-order chi connectivity index (χ0) is 23.7. The summed E-state index contributed by atoms with van der Waals surface area (Å²) in [6.07, 6.45) is 1.80. The van der Waals surface area contributed by atoms with Crippen LogP contribution in [0.4, 0.5) is 0 Å². The smallest absolute Gasteiger partial charge is 0.356 e. The predicted molar refractivity (Wildman–Crippen MR) is 126 cm³/mol. The molecule has 9 heteroatoms. The summed E-state index contributed by atoms with van der Waals surface area (Å²) >= 11 is 0. The molecule has 0 radical (unpaired) electrons. The van der Waals surface area contributed by atoms with Crippen molar-refractivity contribution in [2.24, 2.45) is 0 Å². The van der Waals surface area contributed by atoms with Gasteiger partial charge in [-0.25, -0.2) is 9.00 Å². The summed E-state index contributed by atoms with van der Waals surface area (Å²) in [7, 11) is 1.41. The molecule has 1 N–H and O–H groups in total. The largest absolute Gasteiger partial charge is 0.464 e. The Bertz CT molecular complexity index is 1370. The molecule has 2 atom stereocenters. The van der Waals surface area contributed by atoms with E-state index < -0.39 is 22.9 Å². The standard InChI is InChI=1S/C24H24N4O4S/c1-15-5-8-19(9-6-15)33(31)27-12-11-18-13-17(7-10-21(18)27)16(2)28-22(24(30)32-4)14-20(26-28)23(29)25-3/h5-14,16H,1-4H3,(H,25,29). The Kier molecular flexibility index (Phi) is 6.15. The van der Waals surface area contributed by atoms with Gasteiger partial charge in [0.15, 0.2) is 16.7 Å². The summed E-state index contributed by atoms with van der Waals surface area (Å²) in [5.41, 5.74) is 3.12. The molecule has 0 saturated heterocycles. The van der Waals surface area contributed by atoms with Gasteiger partial charge in [-0.15, -0.1) is 0 Å². The number of ether oxygens (including phenoxy) is 1. The molecule has 170 valence electrons. The van der Waals surface area contributed by atoms with E-state index in [9.17, 15) is 13.8 Å². The number of aryl methyl sites for hydroxylation is 1. The van der Waals surface area contributed by atoms with Gasteiger partial charge in [0, 0.05) is 24.7 Å². The zero-order valence-electron chi connectivity index (χ0n) is 18.7. The quantitative estimate of drug-likeness (QED) is 0.441. The van der Waals surface area contributed by atoms with Crippen LogP contribution in [0.15, 0.2) is 65.7 Å². The van der Waals surface area contributed by atoms with Crippen molar-refractivity contribution in [2.45, 2.75) is 24.8 Å². The molecule has 0 spiro atoms. The molecule has 0 aliphatic carbocycles. The second-order valence-corrected chi connectivity index (χ2v) is 8.99. The fraction of sp³-hybridized carbons (Fsp3) is 0.208. The highest BCUT2D eigenvalue weighted by molar-refractivity contribution is 7.83. The van der Waals surface area contributed by atoms with Gasteiger partial charge in [-0.05, 0) is 49.7 Å². The SMILES string of the molecule is CNC(=O)c1cc(C(=O)OC)n(C(C)c2ccc3c(ccn3S(=O)c3ccc(C)cc3)c2)n1. The maximum Gasteiger partial charge on any atom is 0.356 e. The van der Waals surface area contributed by atoms with Crippen molar-refractivity contribution in [1.29, 1.82) is 0 Å². The minimum absolute atomic E-state index is 0.130. The number of nitrogens with one attached hydrogen (secondary N) is 1. The molecule has 2 heterocycles. The number of fused-ring (bicyclic) bond motifs is 1. The van der Waals surface area contributed by atoms with E-state index in [4.69, 9.17) is 4.74 Å². The summed E-state index contributed by atoms with van der Waals surface area (Å²) in [4.78, 5) is 25.1. The van der Waals surface area contributed by atoms with Gasteiger partial charge in [0.2, 0.25) is 0 Å². The first-order valence-electron chi connectivity index (χ1n) is 10.3. The lowest BCUT2D eigenvalue weighted by molar-refractivity contribution is 0.0585. The van der Waals surface area contributed by atoms with E-state index >= 15 is 0 Å². The fourth-order valence-corrected chi connectivity index (χ4v) is 4.75. The van der Waals surface area contributed by atoms with E-state index in [0.717, 1.165) is 26.9 Å². The number of nitrogens with zero attached hydrogens (tertiary/aromatic N) is 3. The number of carbonyl (C=O) groups excluding carboxylic acids is 2. The lowest BCUT2D eigenvalue weighted by Gasteiger charge is -2.16. The van der Waals surface area contributed by atoms with E-state index in [-0.39, 0.29) is 17.4 Å². The van der Waals surface area contributed by atoms with Gasteiger partial charge in [0.05, 0.1) is 23.6 Å². The lowest BCUT2D eigenvalue weighted by Crippen LogP contribution is -2.19. The zero-order valence-corrected chi connectivity index (χ0v) is 19.6. The monoisotopic (exact) mass is 464 g/mol. The molecule has 0 bridgehead atoms. The normalized spacial score (nSPS) is 13.0. The predicted octanol–water partition coefficient (Wildman–Crippen LogP) is 3.47. The van der Waals surface area contributed by atoms with Crippen LogP contribution in [-0.4, -0.2) is 44.0 Å². The Labute approximate surface area is 193 Å². The summed E-state index contributed by atoms with van der Waals surface area (Å²) in [6.45, 7) is 3.87. The van der Waals surface area contributed by atoms with Gasteiger partial charge >= 0.3 is 5.97 Å². The third-order valence-corrected chi connectivity index (χ3v) is 6.87. The number of benzene rings is 2. The van der Waals surface area contributed by atoms with Crippen molar-refractivity contribution < 1.29 is 18.5 Å². The highest BCUT2D eigenvalue weighted by atomic mass is 32.2. The van der Waals surface area contributed by atoms with E-state index in [1.807, 2.05) is 62.4 Å². The topological polar surface area (TPSA) is 95.2 Å².